The first-order chi connectivity index (χ1) is 9.21. The van der Waals surface area contributed by atoms with Crippen molar-refractivity contribution in [2.75, 3.05) is 0 Å². The quantitative estimate of drug-likeness (QED) is 0.903. The molecule has 1 amide bonds. The Balaban J connectivity index is 1.78. The third kappa shape index (κ3) is 2.60. The third-order valence-corrected chi connectivity index (χ3v) is 5.74. The van der Waals surface area contributed by atoms with Crippen LogP contribution in [0.1, 0.15) is 31.1 Å². The van der Waals surface area contributed by atoms with E-state index in [1.165, 1.54) is 15.3 Å². The predicted octanol–water partition coefficient (Wildman–Crippen LogP) is 4.08. The van der Waals surface area contributed by atoms with Gasteiger partial charge in [-0.25, -0.2) is 0 Å². The SMILES string of the molecule is CCC1(Cc2cc(-c3cccs3)cs2)CCC(=O)N1. The van der Waals surface area contributed by atoms with Crippen LogP contribution >= 0.6 is 22.7 Å². The van der Waals surface area contributed by atoms with Gasteiger partial charge in [-0.05, 0) is 35.7 Å². The molecular formula is C15H17NOS2. The molecule has 1 N–H and O–H groups in total. The summed E-state index contributed by atoms with van der Waals surface area (Å²) in [5, 5.41) is 7.51. The highest BCUT2D eigenvalue weighted by Gasteiger charge is 2.36. The molecule has 1 unspecified atom stereocenters. The van der Waals surface area contributed by atoms with Crippen molar-refractivity contribution in [2.24, 2.45) is 0 Å². The lowest BCUT2D eigenvalue weighted by Crippen LogP contribution is -2.42. The molecule has 19 heavy (non-hydrogen) atoms. The first kappa shape index (κ1) is 12.9. The molecule has 3 rings (SSSR count). The van der Waals surface area contributed by atoms with Gasteiger partial charge in [-0.3, -0.25) is 4.79 Å². The summed E-state index contributed by atoms with van der Waals surface area (Å²) in [6.07, 6.45) is 3.61. The molecule has 0 aliphatic carbocycles. The molecule has 1 atom stereocenters. The van der Waals surface area contributed by atoms with Crippen molar-refractivity contribution in [3.8, 4) is 10.4 Å². The van der Waals surface area contributed by atoms with Gasteiger partial charge in [-0.15, -0.1) is 22.7 Å². The number of nitrogens with one attached hydrogen (secondary N) is 1. The summed E-state index contributed by atoms with van der Waals surface area (Å²) in [6, 6.07) is 6.52. The van der Waals surface area contributed by atoms with Crippen molar-refractivity contribution in [3.63, 3.8) is 0 Å². The summed E-state index contributed by atoms with van der Waals surface area (Å²) in [7, 11) is 0. The Hall–Kier alpha value is -1.13. The van der Waals surface area contributed by atoms with Crippen LogP contribution in [0.2, 0.25) is 0 Å². The van der Waals surface area contributed by atoms with Gasteiger partial charge in [0.05, 0.1) is 0 Å². The van der Waals surface area contributed by atoms with Crippen LogP contribution in [0.3, 0.4) is 0 Å². The van der Waals surface area contributed by atoms with Gasteiger partial charge in [0.1, 0.15) is 0 Å². The molecule has 2 nitrogen and oxygen atoms in total. The van der Waals surface area contributed by atoms with Crippen molar-refractivity contribution in [1.82, 2.24) is 5.32 Å². The molecule has 3 heterocycles. The van der Waals surface area contributed by atoms with Crippen LogP contribution in [-0.4, -0.2) is 11.4 Å². The normalized spacial score (nSPS) is 22.7. The van der Waals surface area contributed by atoms with Crippen molar-refractivity contribution >= 4 is 28.6 Å². The Bertz CT molecular complexity index is 573. The van der Waals surface area contributed by atoms with E-state index in [1.54, 1.807) is 22.7 Å². The molecule has 4 heteroatoms. The number of rotatable bonds is 4. The molecule has 0 bridgehead atoms. The van der Waals surface area contributed by atoms with Gasteiger partial charge in [-0.1, -0.05) is 13.0 Å². The highest BCUT2D eigenvalue weighted by molar-refractivity contribution is 7.14. The number of hydrogen-bond donors (Lipinski definition) is 1. The van der Waals surface area contributed by atoms with Gasteiger partial charge in [0.25, 0.3) is 0 Å². The van der Waals surface area contributed by atoms with E-state index in [0.29, 0.717) is 6.42 Å². The molecule has 0 aromatic carbocycles. The maximum Gasteiger partial charge on any atom is 0.220 e. The maximum atomic E-state index is 11.5. The van der Waals surface area contributed by atoms with Crippen LogP contribution in [0.15, 0.2) is 29.0 Å². The molecule has 2 aromatic heterocycles. The van der Waals surface area contributed by atoms with Gasteiger partial charge in [0.2, 0.25) is 5.91 Å². The smallest absolute Gasteiger partial charge is 0.220 e. The fourth-order valence-corrected chi connectivity index (χ4v) is 4.49. The van der Waals surface area contributed by atoms with Gasteiger partial charge < -0.3 is 5.32 Å². The second kappa shape index (κ2) is 5.10. The molecule has 100 valence electrons. The van der Waals surface area contributed by atoms with Crippen molar-refractivity contribution in [1.29, 1.82) is 0 Å². The highest BCUT2D eigenvalue weighted by Crippen LogP contribution is 2.34. The summed E-state index contributed by atoms with van der Waals surface area (Å²) in [5.41, 5.74) is 1.31. The number of thiophene rings is 2. The van der Waals surface area contributed by atoms with Gasteiger partial charge in [-0.2, -0.15) is 0 Å². The zero-order valence-corrected chi connectivity index (χ0v) is 12.6. The Kier molecular flexibility index (Phi) is 3.46. The van der Waals surface area contributed by atoms with Crippen LogP contribution in [0.4, 0.5) is 0 Å². The molecule has 0 saturated carbocycles. The Morgan fingerprint density at radius 3 is 2.95 bits per heavy atom. The van der Waals surface area contributed by atoms with E-state index >= 15 is 0 Å². The Morgan fingerprint density at radius 2 is 2.32 bits per heavy atom. The number of hydrogen-bond acceptors (Lipinski definition) is 3. The fraction of sp³-hybridized carbons (Fsp3) is 0.400. The Morgan fingerprint density at radius 1 is 1.42 bits per heavy atom. The number of amides is 1. The zero-order chi connectivity index (χ0) is 13.3. The number of carbonyl (C=O) groups excluding carboxylic acids is 1. The highest BCUT2D eigenvalue weighted by atomic mass is 32.1. The zero-order valence-electron chi connectivity index (χ0n) is 10.9. The molecule has 1 saturated heterocycles. The van der Waals surface area contributed by atoms with Crippen molar-refractivity contribution in [2.45, 2.75) is 38.1 Å². The molecule has 1 fully saturated rings. The average molecular weight is 291 g/mol. The molecule has 1 aliphatic heterocycles. The summed E-state index contributed by atoms with van der Waals surface area (Å²) in [4.78, 5) is 14.2. The molecule has 0 spiro atoms. The molecule has 0 radical (unpaired) electrons. The van der Waals surface area contributed by atoms with E-state index in [-0.39, 0.29) is 11.4 Å². The lowest BCUT2D eigenvalue weighted by molar-refractivity contribution is -0.119. The van der Waals surface area contributed by atoms with Crippen LogP contribution in [0, 0.1) is 0 Å². The van der Waals surface area contributed by atoms with Gasteiger partial charge >= 0.3 is 0 Å². The third-order valence-electron chi connectivity index (χ3n) is 3.88. The molecule has 2 aromatic rings. The van der Waals surface area contributed by atoms with E-state index in [0.717, 1.165) is 19.3 Å². The van der Waals surface area contributed by atoms with Crippen molar-refractivity contribution in [3.05, 3.63) is 33.8 Å². The summed E-state index contributed by atoms with van der Waals surface area (Å²) in [5.74, 6) is 0.205. The lowest BCUT2D eigenvalue weighted by atomic mass is 9.89. The van der Waals surface area contributed by atoms with Gasteiger partial charge in [0.15, 0.2) is 0 Å². The lowest BCUT2D eigenvalue weighted by Gasteiger charge is -2.27. The summed E-state index contributed by atoms with van der Waals surface area (Å²) >= 11 is 3.58. The van der Waals surface area contributed by atoms with E-state index < -0.39 is 0 Å². The predicted molar refractivity (Wildman–Crippen MR) is 81.7 cm³/mol. The van der Waals surface area contributed by atoms with Gasteiger partial charge in [0, 0.05) is 33.7 Å². The standard InChI is InChI=1S/C15H17NOS2/c1-2-15(6-5-14(17)16-15)9-12-8-11(10-19-12)13-4-3-7-18-13/h3-4,7-8,10H,2,5-6,9H2,1H3,(H,16,17). The molecule has 1 aliphatic rings. The van der Waals surface area contributed by atoms with Crippen LogP contribution in [0.5, 0.6) is 0 Å². The Labute approximate surface area is 121 Å². The summed E-state index contributed by atoms with van der Waals surface area (Å²) < 4.78 is 0. The summed E-state index contributed by atoms with van der Waals surface area (Å²) in [6.45, 7) is 2.17. The maximum absolute atomic E-state index is 11.5. The monoisotopic (exact) mass is 291 g/mol. The van der Waals surface area contributed by atoms with E-state index in [2.05, 4.69) is 41.2 Å². The van der Waals surface area contributed by atoms with E-state index in [4.69, 9.17) is 0 Å². The fourth-order valence-electron chi connectivity index (χ4n) is 2.68. The minimum absolute atomic E-state index is 0.00530. The van der Waals surface area contributed by atoms with Crippen LogP contribution in [0.25, 0.3) is 10.4 Å². The minimum atomic E-state index is -0.00530. The topological polar surface area (TPSA) is 29.1 Å². The first-order valence-corrected chi connectivity index (χ1v) is 8.39. The van der Waals surface area contributed by atoms with Crippen LogP contribution < -0.4 is 5.32 Å². The largest absolute Gasteiger partial charge is 0.350 e. The first-order valence-electron chi connectivity index (χ1n) is 6.63. The second-order valence-corrected chi connectivity index (χ2v) is 7.08. The number of carbonyl (C=O) groups is 1. The second-order valence-electron chi connectivity index (χ2n) is 5.14. The molecular weight excluding hydrogens is 274 g/mol. The average Bonchev–Trinajstić information content (AvgIpc) is 3.11. The van der Waals surface area contributed by atoms with Crippen molar-refractivity contribution < 1.29 is 4.79 Å². The van der Waals surface area contributed by atoms with Crippen LogP contribution in [-0.2, 0) is 11.2 Å². The minimum Gasteiger partial charge on any atom is -0.350 e. The van der Waals surface area contributed by atoms with E-state index in [1.807, 2.05) is 0 Å². The van der Waals surface area contributed by atoms with E-state index in [9.17, 15) is 4.79 Å².